The lowest BCUT2D eigenvalue weighted by molar-refractivity contribution is 0.115. The zero-order valence-corrected chi connectivity index (χ0v) is 13.4. The third kappa shape index (κ3) is 2.67. The molecule has 2 aromatic carbocycles. The maximum Gasteiger partial charge on any atom is 0.407 e. The van der Waals surface area contributed by atoms with E-state index in [1.807, 2.05) is 24.3 Å². The predicted octanol–water partition coefficient (Wildman–Crippen LogP) is 3.44. The maximum atomic E-state index is 12.1. The number of carbonyl (C=O) groups is 1. The van der Waals surface area contributed by atoms with E-state index in [-0.39, 0.29) is 12.0 Å². The molecule has 2 aliphatic rings. The molecule has 2 aliphatic carbocycles. The number of hydrogen-bond donors (Lipinski definition) is 2. The van der Waals surface area contributed by atoms with Gasteiger partial charge in [-0.2, -0.15) is 0 Å². The minimum absolute atomic E-state index is 0.0663. The van der Waals surface area contributed by atoms with E-state index in [9.17, 15) is 9.90 Å². The molecule has 0 bridgehead atoms. The highest BCUT2D eigenvalue weighted by molar-refractivity contribution is 5.79. The van der Waals surface area contributed by atoms with Crippen LogP contribution in [0, 0.1) is 0 Å². The Morgan fingerprint density at radius 3 is 2.25 bits per heavy atom. The molecule has 1 amide bonds. The highest BCUT2D eigenvalue weighted by Gasteiger charge is 2.30. The Balaban J connectivity index is 1.47. The maximum absolute atomic E-state index is 12.1. The zero-order valence-electron chi connectivity index (χ0n) is 13.4. The monoisotopic (exact) mass is 323 g/mol. The van der Waals surface area contributed by atoms with Crippen molar-refractivity contribution in [3.8, 4) is 11.1 Å². The zero-order chi connectivity index (χ0) is 16.5. The van der Waals surface area contributed by atoms with Crippen molar-refractivity contribution in [3.63, 3.8) is 0 Å². The third-order valence-electron chi connectivity index (χ3n) is 5.13. The minimum Gasteiger partial charge on any atom is -0.449 e. The number of amides is 1. The molecule has 24 heavy (non-hydrogen) atoms. The van der Waals surface area contributed by atoms with Gasteiger partial charge in [-0.25, -0.2) is 4.79 Å². The summed E-state index contributed by atoms with van der Waals surface area (Å²) in [5, 5.41) is 12.6. The van der Waals surface area contributed by atoms with Crippen molar-refractivity contribution in [1.82, 2.24) is 5.32 Å². The highest BCUT2D eigenvalue weighted by Crippen LogP contribution is 2.44. The first-order valence-corrected chi connectivity index (χ1v) is 8.53. The number of carbonyl (C=O) groups excluding carboxylic acids is 1. The summed E-state index contributed by atoms with van der Waals surface area (Å²) < 4.78 is 5.49. The van der Waals surface area contributed by atoms with E-state index in [0.717, 1.165) is 19.3 Å². The standard InChI is InChI=1S/C20H21NO3/c22-19-11-5-10-18(19)21-20(23)24-12-17-15-8-3-1-6-13(15)14-7-2-4-9-16(14)17/h1-4,6-9,17-19,22H,5,10-12H2,(H,21,23)/t18-,19+/m1/s1. The number of nitrogens with one attached hydrogen (secondary N) is 1. The third-order valence-corrected chi connectivity index (χ3v) is 5.13. The van der Waals surface area contributed by atoms with Crippen molar-refractivity contribution in [1.29, 1.82) is 0 Å². The number of aliphatic hydroxyl groups excluding tert-OH is 1. The van der Waals surface area contributed by atoms with Gasteiger partial charge in [0.05, 0.1) is 12.1 Å². The van der Waals surface area contributed by atoms with Crippen LogP contribution in [0.3, 0.4) is 0 Å². The van der Waals surface area contributed by atoms with Crippen LogP contribution in [-0.2, 0) is 4.74 Å². The topological polar surface area (TPSA) is 58.6 Å². The first-order valence-electron chi connectivity index (χ1n) is 8.53. The van der Waals surface area contributed by atoms with E-state index in [1.165, 1.54) is 22.3 Å². The molecule has 0 spiro atoms. The lowest BCUT2D eigenvalue weighted by atomic mass is 9.98. The fraction of sp³-hybridized carbons (Fsp3) is 0.350. The molecule has 0 radical (unpaired) electrons. The van der Waals surface area contributed by atoms with Crippen molar-refractivity contribution in [2.45, 2.75) is 37.3 Å². The van der Waals surface area contributed by atoms with Crippen LogP contribution >= 0.6 is 0 Å². The van der Waals surface area contributed by atoms with Gasteiger partial charge in [0.1, 0.15) is 6.61 Å². The minimum atomic E-state index is -0.453. The van der Waals surface area contributed by atoms with E-state index in [1.54, 1.807) is 0 Å². The summed E-state index contributed by atoms with van der Waals surface area (Å²) >= 11 is 0. The summed E-state index contributed by atoms with van der Waals surface area (Å²) in [5.74, 6) is 0.0663. The number of rotatable bonds is 3. The predicted molar refractivity (Wildman–Crippen MR) is 91.9 cm³/mol. The molecule has 2 aromatic rings. The van der Waals surface area contributed by atoms with E-state index in [4.69, 9.17) is 4.74 Å². The number of aliphatic hydroxyl groups is 1. The number of hydrogen-bond acceptors (Lipinski definition) is 3. The number of benzene rings is 2. The molecule has 1 fully saturated rings. The second-order valence-electron chi connectivity index (χ2n) is 6.57. The van der Waals surface area contributed by atoms with E-state index >= 15 is 0 Å². The molecule has 0 heterocycles. The molecular formula is C20H21NO3. The Kier molecular flexibility index (Phi) is 3.98. The van der Waals surface area contributed by atoms with Crippen LogP contribution < -0.4 is 5.32 Å². The SMILES string of the molecule is O=C(N[C@@H]1CCC[C@@H]1O)OCC1c2ccccc2-c2ccccc21. The molecule has 4 rings (SSSR count). The van der Waals surface area contributed by atoms with Gasteiger partial charge >= 0.3 is 6.09 Å². The lowest BCUT2D eigenvalue weighted by Gasteiger charge is -2.18. The van der Waals surface area contributed by atoms with Crippen molar-refractivity contribution in [2.75, 3.05) is 6.61 Å². The van der Waals surface area contributed by atoms with Crippen molar-refractivity contribution < 1.29 is 14.6 Å². The normalized spacial score (nSPS) is 22.0. The summed E-state index contributed by atoms with van der Waals surface area (Å²) in [6.07, 6.45) is 1.60. The van der Waals surface area contributed by atoms with Gasteiger partial charge in [-0.1, -0.05) is 48.5 Å². The molecule has 124 valence electrons. The molecule has 1 saturated carbocycles. The van der Waals surface area contributed by atoms with Gasteiger partial charge in [0.25, 0.3) is 0 Å². The average Bonchev–Trinajstić information content (AvgIpc) is 3.15. The fourth-order valence-electron chi connectivity index (χ4n) is 3.90. The molecule has 2 N–H and O–H groups in total. The Morgan fingerprint density at radius 2 is 1.67 bits per heavy atom. The molecule has 0 unspecified atom stereocenters. The van der Waals surface area contributed by atoms with E-state index in [2.05, 4.69) is 29.6 Å². The van der Waals surface area contributed by atoms with E-state index < -0.39 is 12.2 Å². The van der Waals surface area contributed by atoms with Crippen LogP contribution in [0.15, 0.2) is 48.5 Å². The Hall–Kier alpha value is -2.33. The van der Waals surface area contributed by atoms with Crippen LogP contribution in [0.5, 0.6) is 0 Å². The van der Waals surface area contributed by atoms with Gasteiger partial charge in [0, 0.05) is 5.92 Å². The Morgan fingerprint density at radius 1 is 1.04 bits per heavy atom. The van der Waals surface area contributed by atoms with Crippen LogP contribution in [0.4, 0.5) is 4.79 Å². The molecule has 0 saturated heterocycles. The first kappa shape index (κ1) is 15.2. The number of fused-ring (bicyclic) bond motifs is 3. The average molecular weight is 323 g/mol. The molecule has 0 aliphatic heterocycles. The van der Waals surface area contributed by atoms with Gasteiger partial charge in [0.2, 0.25) is 0 Å². The number of alkyl carbamates (subject to hydrolysis) is 1. The second-order valence-corrected chi connectivity index (χ2v) is 6.57. The Bertz CT molecular complexity index is 713. The van der Waals surface area contributed by atoms with Crippen molar-refractivity contribution >= 4 is 6.09 Å². The van der Waals surface area contributed by atoms with Gasteiger partial charge < -0.3 is 15.2 Å². The molecule has 0 aromatic heterocycles. The molecule has 4 heteroatoms. The molecule has 4 nitrogen and oxygen atoms in total. The first-order chi connectivity index (χ1) is 11.7. The van der Waals surface area contributed by atoms with Gasteiger partial charge in [-0.05, 0) is 41.5 Å². The van der Waals surface area contributed by atoms with Crippen molar-refractivity contribution in [2.24, 2.45) is 0 Å². The van der Waals surface area contributed by atoms with Crippen molar-refractivity contribution in [3.05, 3.63) is 59.7 Å². The smallest absolute Gasteiger partial charge is 0.407 e. The van der Waals surface area contributed by atoms with Crippen LogP contribution in [-0.4, -0.2) is 30.0 Å². The van der Waals surface area contributed by atoms with Gasteiger partial charge in [0.15, 0.2) is 0 Å². The summed E-state index contributed by atoms with van der Waals surface area (Å²) in [5.41, 5.74) is 4.83. The van der Waals surface area contributed by atoms with Crippen LogP contribution in [0.1, 0.15) is 36.3 Å². The summed E-state index contributed by atoms with van der Waals surface area (Å²) in [6, 6.07) is 16.4. The number of ether oxygens (including phenoxy) is 1. The quantitative estimate of drug-likeness (QED) is 0.910. The lowest BCUT2D eigenvalue weighted by Crippen LogP contribution is -2.40. The van der Waals surface area contributed by atoms with Gasteiger partial charge in [-0.3, -0.25) is 0 Å². The molecular weight excluding hydrogens is 302 g/mol. The van der Waals surface area contributed by atoms with Crippen LogP contribution in [0.2, 0.25) is 0 Å². The summed E-state index contributed by atoms with van der Waals surface area (Å²) in [7, 11) is 0. The second kappa shape index (κ2) is 6.29. The molecule has 2 atom stereocenters. The fourth-order valence-corrected chi connectivity index (χ4v) is 3.90. The Labute approximate surface area is 141 Å². The highest BCUT2D eigenvalue weighted by atomic mass is 16.5. The van der Waals surface area contributed by atoms with Crippen LogP contribution in [0.25, 0.3) is 11.1 Å². The largest absolute Gasteiger partial charge is 0.449 e. The summed E-state index contributed by atoms with van der Waals surface area (Å²) in [4.78, 5) is 12.1. The van der Waals surface area contributed by atoms with Gasteiger partial charge in [-0.15, -0.1) is 0 Å². The summed E-state index contributed by atoms with van der Waals surface area (Å²) in [6.45, 7) is 0.308. The van der Waals surface area contributed by atoms with E-state index in [0.29, 0.717) is 6.61 Å².